The van der Waals surface area contributed by atoms with Crippen LogP contribution in [0.1, 0.15) is 0 Å². The van der Waals surface area contributed by atoms with E-state index in [0.29, 0.717) is 17.5 Å². The van der Waals surface area contributed by atoms with Crippen molar-refractivity contribution >= 4 is 97.2 Å². The second kappa shape index (κ2) is 16.8. The van der Waals surface area contributed by atoms with Gasteiger partial charge in [0, 0.05) is 74.9 Å². The largest absolute Gasteiger partial charge is 0.456 e. The van der Waals surface area contributed by atoms with Crippen molar-refractivity contribution in [3.63, 3.8) is 0 Å². The molecule has 354 valence electrons. The first-order valence-corrected chi connectivity index (χ1v) is 26.3. The van der Waals surface area contributed by atoms with E-state index in [1.807, 2.05) is 36.4 Å². The standard InChI is InChI=1S/C69H40N4O2S/c1-3-12-42(13-4-1)67-70-68(43-24-22-41(23-25-43)46-27-32-53-52-17-8-10-20-60(52)74-62(53)38-46)72-69(71-67)56-18-11-21-64-66(56)55-34-29-48(40-65(55)76-64)47-28-33-54-57-36-44(30-35-61(57)75-63(54)39-47)45-26-31-51-50-16-7-9-19-58(50)73(59(51)37-45)49-14-5-2-6-15-49/h1-40H. The van der Waals surface area contributed by atoms with Gasteiger partial charge in [0.25, 0.3) is 0 Å². The van der Waals surface area contributed by atoms with Crippen molar-refractivity contribution in [2.45, 2.75) is 0 Å². The fourth-order valence-corrected chi connectivity index (χ4v) is 12.6. The van der Waals surface area contributed by atoms with Gasteiger partial charge in [0.05, 0.1) is 11.0 Å². The van der Waals surface area contributed by atoms with Crippen molar-refractivity contribution in [2.75, 3.05) is 0 Å². The molecular formula is C69H40N4O2S. The quantitative estimate of drug-likeness (QED) is 0.159. The highest BCUT2D eigenvalue weighted by Crippen LogP contribution is 2.43. The van der Waals surface area contributed by atoms with Gasteiger partial charge in [0.1, 0.15) is 22.3 Å². The molecule has 7 heteroatoms. The summed E-state index contributed by atoms with van der Waals surface area (Å²) in [4.78, 5) is 15.5. The van der Waals surface area contributed by atoms with Crippen molar-refractivity contribution in [2.24, 2.45) is 0 Å². The van der Waals surface area contributed by atoms with Gasteiger partial charge < -0.3 is 13.4 Å². The zero-order valence-corrected chi connectivity index (χ0v) is 41.4. The lowest BCUT2D eigenvalue weighted by Gasteiger charge is -2.10. The number of fused-ring (bicyclic) bond motifs is 12. The van der Waals surface area contributed by atoms with Crippen LogP contribution in [-0.2, 0) is 0 Å². The molecule has 0 fully saturated rings. The highest BCUT2D eigenvalue weighted by atomic mass is 32.1. The Balaban J connectivity index is 0.742. The van der Waals surface area contributed by atoms with Gasteiger partial charge in [0.15, 0.2) is 17.5 Å². The minimum absolute atomic E-state index is 0.615. The topological polar surface area (TPSA) is 69.9 Å². The molecule has 5 heterocycles. The second-order valence-electron chi connectivity index (χ2n) is 19.5. The van der Waals surface area contributed by atoms with Crippen molar-refractivity contribution in [1.29, 1.82) is 0 Å². The molecule has 76 heavy (non-hydrogen) atoms. The maximum Gasteiger partial charge on any atom is 0.164 e. The van der Waals surface area contributed by atoms with E-state index < -0.39 is 0 Å². The predicted molar refractivity (Wildman–Crippen MR) is 314 cm³/mol. The zero-order chi connectivity index (χ0) is 49.8. The summed E-state index contributed by atoms with van der Waals surface area (Å²) in [5, 5.41) is 9.20. The van der Waals surface area contributed by atoms with Gasteiger partial charge in [-0.15, -0.1) is 11.3 Å². The Labute approximate surface area is 439 Å². The van der Waals surface area contributed by atoms with Gasteiger partial charge >= 0.3 is 0 Å². The number of furan rings is 2. The molecule has 0 saturated carbocycles. The number of nitrogens with zero attached hydrogens (tertiary/aromatic N) is 4. The smallest absolute Gasteiger partial charge is 0.164 e. The fraction of sp³-hybridized carbons (Fsp3) is 0. The van der Waals surface area contributed by atoms with Crippen LogP contribution in [0.5, 0.6) is 0 Å². The van der Waals surface area contributed by atoms with Crippen molar-refractivity contribution < 1.29 is 8.83 Å². The molecule has 0 spiro atoms. The van der Waals surface area contributed by atoms with Crippen LogP contribution < -0.4 is 0 Å². The van der Waals surface area contributed by atoms with Gasteiger partial charge in [-0.05, 0) is 112 Å². The molecule has 0 bridgehead atoms. The molecule has 11 aromatic carbocycles. The van der Waals surface area contributed by atoms with Crippen LogP contribution >= 0.6 is 11.3 Å². The molecule has 6 nitrogen and oxygen atoms in total. The Morgan fingerprint density at radius 2 is 0.803 bits per heavy atom. The monoisotopic (exact) mass is 988 g/mol. The summed E-state index contributed by atoms with van der Waals surface area (Å²) in [6.45, 7) is 0. The maximum atomic E-state index is 6.60. The molecule has 0 amide bonds. The van der Waals surface area contributed by atoms with Crippen LogP contribution in [0.4, 0.5) is 0 Å². The molecule has 0 aliphatic rings. The number of thiophene rings is 1. The molecule has 0 atom stereocenters. The van der Waals surface area contributed by atoms with Crippen LogP contribution in [0, 0.1) is 0 Å². The molecule has 5 aromatic heterocycles. The van der Waals surface area contributed by atoms with E-state index in [-0.39, 0.29) is 0 Å². The molecule has 16 rings (SSSR count). The van der Waals surface area contributed by atoms with Crippen LogP contribution in [0.3, 0.4) is 0 Å². The van der Waals surface area contributed by atoms with E-state index in [1.165, 1.54) is 31.2 Å². The van der Waals surface area contributed by atoms with E-state index in [4.69, 9.17) is 23.8 Å². The molecule has 16 aromatic rings. The molecule has 0 unspecified atom stereocenters. The van der Waals surface area contributed by atoms with Crippen LogP contribution in [-0.4, -0.2) is 19.5 Å². The van der Waals surface area contributed by atoms with Crippen molar-refractivity contribution in [3.8, 4) is 73.2 Å². The summed E-state index contributed by atoms with van der Waals surface area (Å²) < 4.78 is 17.6. The summed E-state index contributed by atoms with van der Waals surface area (Å²) in [6.07, 6.45) is 0. The number of para-hydroxylation sites is 3. The fourth-order valence-electron chi connectivity index (χ4n) is 11.4. The number of benzene rings is 11. The maximum absolute atomic E-state index is 6.60. The number of hydrogen-bond donors (Lipinski definition) is 0. The van der Waals surface area contributed by atoms with Gasteiger partial charge in [-0.1, -0.05) is 164 Å². The lowest BCUT2D eigenvalue weighted by Crippen LogP contribution is -2.00. The molecular weight excluding hydrogens is 949 g/mol. The summed E-state index contributed by atoms with van der Waals surface area (Å²) in [6, 6.07) is 85.7. The van der Waals surface area contributed by atoms with Crippen LogP contribution in [0.2, 0.25) is 0 Å². The molecule has 0 saturated heterocycles. The normalized spacial score (nSPS) is 11.9. The average Bonchev–Trinajstić information content (AvgIpc) is 4.30. The van der Waals surface area contributed by atoms with Gasteiger partial charge in [-0.3, -0.25) is 0 Å². The SMILES string of the molecule is c1ccc(-c2nc(-c3ccc(-c4ccc5c(c4)oc4ccccc45)cc3)nc(-c3cccc4sc5cc(-c6ccc7c(c6)oc6ccc(-c8ccc9c%10ccccc%10n(-c%10ccccc%10)c9c8)cc67)ccc5c34)n2)cc1. The van der Waals surface area contributed by atoms with E-state index in [2.05, 4.69) is 211 Å². The predicted octanol–water partition coefficient (Wildman–Crippen LogP) is 19.1. The summed E-state index contributed by atoms with van der Waals surface area (Å²) in [7, 11) is 0. The van der Waals surface area contributed by atoms with Gasteiger partial charge in [-0.25, -0.2) is 15.0 Å². The second-order valence-corrected chi connectivity index (χ2v) is 20.6. The summed E-state index contributed by atoms with van der Waals surface area (Å²) >= 11 is 1.79. The first-order chi connectivity index (χ1) is 37.6. The third-order valence-electron chi connectivity index (χ3n) is 15.1. The minimum atomic E-state index is 0.615. The lowest BCUT2D eigenvalue weighted by molar-refractivity contribution is 0.668. The number of hydrogen-bond acceptors (Lipinski definition) is 6. The van der Waals surface area contributed by atoms with Crippen molar-refractivity contribution in [3.05, 3.63) is 243 Å². The van der Waals surface area contributed by atoms with E-state index in [1.54, 1.807) is 11.3 Å². The third-order valence-corrected chi connectivity index (χ3v) is 16.2. The van der Waals surface area contributed by atoms with Crippen LogP contribution in [0.15, 0.2) is 251 Å². The molecule has 0 aliphatic carbocycles. The van der Waals surface area contributed by atoms with Gasteiger partial charge in [0.2, 0.25) is 0 Å². The Kier molecular flexibility index (Phi) is 9.40. The summed E-state index contributed by atoms with van der Waals surface area (Å²) in [5.74, 6) is 1.87. The number of aromatic nitrogens is 4. The van der Waals surface area contributed by atoms with E-state index in [9.17, 15) is 0 Å². The Morgan fingerprint density at radius 1 is 0.289 bits per heavy atom. The third kappa shape index (κ3) is 6.83. The van der Waals surface area contributed by atoms with E-state index >= 15 is 0 Å². The van der Waals surface area contributed by atoms with E-state index in [0.717, 1.165) is 110 Å². The molecule has 0 aliphatic heterocycles. The first-order valence-electron chi connectivity index (χ1n) is 25.5. The summed E-state index contributed by atoms with van der Waals surface area (Å²) in [5.41, 5.74) is 16.5. The Morgan fingerprint density at radius 3 is 1.58 bits per heavy atom. The average molecular weight is 989 g/mol. The molecule has 0 N–H and O–H groups in total. The van der Waals surface area contributed by atoms with Crippen molar-refractivity contribution in [1.82, 2.24) is 19.5 Å². The Bertz CT molecular complexity index is 4990. The zero-order valence-electron chi connectivity index (χ0n) is 40.6. The highest BCUT2D eigenvalue weighted by Gasteiger charge is 2.20. The minimum Gasteiger partial charge on any atom is -0.456 e. The van der Waals surface area contributed by atoms with Gasteiger partial charge in [-0.2, -0.15) is 0 Å². The van der Waals surface area contributed by atoms with Crippen LogP contribution in [0.25, 0.3) is 159 Å². The highest BCUT2D eigenvalue weighted by molar-refractivity contribution is 7.26. The first kappa shape index (κ1) is 42.5. The molecule has 0 radical (unpaired) electrons. The number of rotatable bonds is 7. The lowest BCUT2D eigenvalue weighted by atomic mass is 9.99. The Hall–Kier alpha value is -9.95.